The molecule has 0 heterocycles. The molecular weight excluding hydrogens is 208 g/mol. The second-order valence-electron chi connectivity index (χ2n) is 3.68. The van der Waals surface area contributed by atoms with E-state index in [0.29, 0.717) is 13.1 Å². The third kappa shape index (κ3) is 5.32. The van der Waals surface area contributed by atoms with Crippen LogP contribution in [0.4, 0.5) is 0 Å². The Balaban J connectivity index is 1.89. The zero-order valence-electron chi connectivity index (χ0n) is 9.08. The van der Waals surface area contributed by atoms with Crippen LogP contribution in [0.25, 0.3) is 0 Å². The number of nitrogens with zero attached hydrogens (tertiary/aromatic N) is 1. The van der Waals surface area contributed by atoms with Crippen molar-refractivity contribution in [2.24, 2.45) is 5.92 Å². The van der Waals surface area contributed by atoms with Crippen LogP contribution in [-0.2, 0) is 9.59 Å². The molecule has 0 aliphatic heterocycles. The summed E-state index contributed by atoms with van der Waals surface area (Å²) >= 11 is 0. The lowest BCUT2D eigenvalue weighted by Gasteiger charge is -2.05. The number of nitrogens with one attached hydrogen (secondary N) is 3. The quantitative estimate of drug-likeness (QED) is 0.372. The number of rotatable bonds is 7. The lowest BCUT2D eigenvalue weighted by molar-refractivity contribution is -0.122. The molecule has 16 heavy (non-hydrogen) atoms. The minimum Gasteiger partial charge on any atom is -0.355 e. The third-order valence-electron chi connectivity index (χ3n) is 2.20. The molecule has 6 heteroatoms. The van der Waals surface area contributed by atoms with Gasteiger partial charge >= 0.3 is 0 Å². The second kappa shape index (κ2) is 6.80. The Morgan fingerprint density at radius 1 is 1.25 bits per heavy atom. The summed E-state index contributed by atoms with van der Waals surface area (Å²) in [5, 5.41) is 16.3. The highest BCUT2D eigenvalue weighted by Crippen LogP contribution is 2.28. The van der Waals surface area contributed by atoms with E-state index in [1.807, 2.05) is 6.07 Å². The van der Waals surface area contributed by atoms with Gasteiger partial charge in [-0.1, -0.05) is 0 Å². The standard InChI is InChI=1S/C10H16N4O2/c11-3-4-13-9(15)7-12-5-6-14-10(16)8-1-2-8/h8,12H,1-2,4-7H2,(H,13,15)(H,14,16). The van der Waals surface area contributed by atoms with E-state index in [1.54, 1.807) is 0 Å². The van der Waals surface area contributed by atoms with Crippen molar-refractivity contribution in [1.29, 1.82) is 5.26 Å². The van der Waals surface area contributed by atoms with Gasteiger partial charge < -0.3 is 16.0 Å². The average Bonchev–Trinajstić information content (AvgIpc) is 3.09. The topological polar surface area (TPSA) is 94.0 Å². The van der Waals surface area contributed by atoms with Crippen LogP contribution in [0.3, 0.4) is 0 Å². The van der Waals surface area contributed by atoms with Crippen molar-refractivity contribution in [2.45, 2.75) is 12.8 Å². The minimum absolute atomic E-state index is 0.0267. The molecule has 1 fully saturated rings. The van der Waals surface area contributed by atoms with Crippen LogP contribution in [0.15, 0.2) is 0 Å². The zero-order chi connectivity index (χ0) is 11.8. The Bertz CT molecular complexity index is 294. The molecule has 0 saturated heterocycles. The molecule has 0 unspecified atom stereocenters. The average molecular weight is 224 g/mol. The summed E-state index contributed by atoms with van der Waals surface area (Å²) in [6, 6.07) is 1.82. The number of nitriles is 1. The van der Waals surface area contributed by atoms with E-state index in [1.165, 1.54) is 0 Å². The molecule has 1 rings (SSSR count). The molecule has 1 aliphatic rings. The fraction of sp³-hybridized carbons (Fsp3) is 0.700. The number of hydrogen-bond acceptors (Lipinski definition) is 4. The summed E-state index contributed by atoms with van der Waals surface area (Å²) < 4.78 is 0. The molecule has 0 atom stereocenters. The highest BCUT2D eigenvalue weighted by molar-refractivity contribution is 5.80. The summed E-state index contributed by atoms with van der Waals surface area (Å²) in [7, 11) is 0. The van der Waals surface area contributed by atoms with Crippen LogP contribution in [0, 0.1) is 17.2 Å². The van der Waals surface area contributed by atoms with E-state index in [9.17, 15) is 9.59 Å². The molecule has 0 aromatic rings. The Morgan fingerprint density at radius 2 is 2.00 bits per heavy atom. The minimum atomic E-state index is -0.213. The summed E-state index contributed by atoms with van der Waals surface area (Å²) in [4.78, 5) is 22.2. The van der Waals surface area contributed by atoms with E-state index < -0.39 is 0 Å². The van der Waals surface area contributed by atoms with E-state index >= 15 is 0 Å². The number of amides is 2. The van der Waals surface area contributed by atoms with Crippen molar-refractivity contribution in [2.75, 3.05) is 26.2 Å². The molecule has 0 spiro atoms. The van der Waals surface area contributed by atoms with Crippen LogP contribution in [0.2, 0.25) is 0 Å². The Kier molecular flexibility index (Phi) is 5.29. The molecule has 0 bridgehead atoms. The van der Waals surface area contributed by atoms with Gasteiger partial charge in [0.25, 0.3) is 0 Å². The lowest BCUT2D eigenvalue weighted by atomic mass is 10.4. The van der Waals surface area contributed by atoms with Crippen LogP contribution in [-0.4, -0.2) is 38.0 Å². The first-order chi connectivity index (χ1) is 7.74. The van der Waals surface area contributed by atoms with E-state index in [-0.39, 0.29) is 30.8 Å². The lowest BCUT2D eigenvalue weighted by Crippen LogP contribution is -2.38. The Labute approximate surface area is 94.4 Å². The SMILES string of the molecule is N#CCNC(=O)CNCCNC(=O)C1CC1. The van der Waals surface area contributed by atoms with Crippen LogP contribution in [0.5, 0.6) is 0 Å². The van der Waals surface area contributed by atoms with Gasteiger partial charge in [0.15, 0.2) is 0 Å². The molecule has 0 radical (unpaired) electrons. The van der Waals surface area contributed by atoms with Crippen molar-refractivity contribution >= 4 is 11.8 Å². The van der Waals surface area contributed by atoms with E-state index in [0.717, 1.165) is 12.8 Å². The van der Waals surface area contributed by atoms with Crippen molar-refractivity contribution in [3.05, 3.63) is 0 Å². The molecule has 88 valence electrons. The third-order valence-corrected chi connectivity index (χ3v) is 2.20. The molecule has 1 saturated carbocycles. The largest absolute Gasteiger partial charge is 0.355 e. The first-order valence-electron chi connectivity index (χ1n) is 5.36. The van der Waals surface area contributed by atoms with Gasteiger partial charge in [-0.25, -0.2) is 0 Å². The fourth-order valence-electron chi connectivity index (χ4n) is 1.17. The Hall–Kier alpha value is -1.61. The molecule has 0 aromatic heterocycles. The van der Waals surface area contributed by atoms with Gasteiger partial charge in [-0.15, -0.1) is 0 Å². The molecule has 1 aliphatic carbocycles. The number of hydrogen-bond donors (Lipinski definition) is 3. The van der Waals surface area contributed by atoms with Gasteiger partial charge in [-0.05, 0) is 12.8 Å². The first kappa shape index (κ1) is 12.5. The number of carbonyl (C=O) groups is 2. The zero-order valence-corrected chi connectivity index (χ0v) is 9.08. The monoisotopic (exact) mass is 224 g/mol. The molecule has 2 amide bonds. The predicted molar refractivity (Wildman–Crippen MR) is 57.2 cm³/mol. The molecule has 0 aromatic carbocycles. The maximum absolute atomic E-state index is 11.2. The van der Waals surface area contributed by atoms with Crippen LogP contribution >= 0.6 is 0 Å². The van der Waals surface area contributed by atoms with Crippen LogP contribution < -0.4 is 16.0 Å². The maximum atomic E-state index is 11.2. The maximum Gasteiger partial charge on any atom is 0.234 e. The summed E-state index contributed by atoms with van der Waals surface area (Å²) in [6.07, 6.45) is 1.99. The van der Waals surface area contributed by atoms with Gasteiger partial charge in [-0.2, -0.15) is 5.26 Å². The second-order valence-corrected chi connectivity index (χ2v) is 3.68. The van der Waals surface area contributed by atoms with Crippen molar-refractivity contribution in [3.63, 3.8) is 0 Å². The number of carbonyl (C=O) groups excluding carboxylic acids is 2. The predicted octanol–water partition coefficient (Wildman–Crippen LogP) is -1.26. The Morgan fingerprint density at radius 3 is 2.62 bits per heavy atom. The van der Waals surface area contributed by atoms with Crippen molar-refractivity contribution < 1.29 is 9.59 Å². The highest BCUT2D eigenvalue weighted by atomic mass is 16.2. The molecule has 3 N–H and O–H groups in total. The van der Waals surface area contributed by atoms with Crippen molar-refractivity contribution in [3.8, 4) is 6.07 Å². The van der Waals surface area contributed by atoms with Crippen LogP contribution in [0.1, 0.15) is 12.8 Å². The van der Waals surface area contributed by atoms with Gasteiger partial charge in [-0.3, -0.25) is 9.59 Å². The van der Waals surface area contributed by atoms with E-state index in [4.69, 9.17) is 5.26 Å². The summed E-state index contributed by atoms with van der Waals surface area (Å²) in [5.41, 5.74) is 0. The van der Waals surface area contributed by atoms with Crippen molar-refractivity contribution in [1.82, 2.24) is 16.0 Å². The normalized spacial score (nSPS) is 13.9. The van der Waals surface area contributed by atoms with E-state index in [2.05, 4.69) is 16.0 Å². The van der Waals surface area contributed by atoms with Gasteiger partial charge in [0.2, 0.25) is 11.8 Å². The summed E-state index contributed by atoms with van der Waals surface area (Å²) in [6.45, 7) is 1.28. The highest BCUT2D eigenvalue weighted by Gasteiger charge is 2.28. The summed E-state index contributed by atoms with van der Waals surface area (Å²) in [5.74, 6) is 0.115. The van der Waals surface area contributed by atoms with Gasteiger partial charge in [0.1, 0.15) is 6.54 Å². The molecule has 6 nitrogen and oxygen atoms in total. The smallest absolute Gasteiger partial charge is 0.234 e. The molecular formula is C10H16N4O2. The van der Waals surface area contributed by atoms with Gasteiger partial charge in [0, 0.05) is 19.0 Å². The fourth-order valence-corrected chi connectivity index (χ4v) is 1.17. The first-order valence-corrected chi connectivity index (χ1v) is 5.36. The van der Waals surface area contributed by atoms with Gasteiger partial charge in [0.05, 0.1) is 12.6 Å².